The van der Waals surface area contributed by atoms with E-state index in [0.29, 0.717) is 29.9 Å². The van der Waals surface area contributed by atoms with Gasteiger partial charge < -0.3 is 14.6 Å². The average Bonchev–Trinajstić information content (AvgIpc) is 3.21. The largest absolute Gasteiger partial charge is 0.573 e. The van der Waals surface area contributed by atoms with Crippen molar-refractivity contribution < 1.29 is 22.7 Å². The van der Waals surface area contributed by atoms with Crippen LogP contribution in [0.25, 0.3) is 22.4 Å². The van der Waals surface area contributed by atoms with Gasteiger partial charge >= 0.3 is 6.36 Å². The van der Waals surface area contributed by atoms with E-state index in [1.54, 1.807) is 12.1 Å². The van der Waals surface area contributed by atoms with Gasteiger partial charge in [-0.2, -0.15) is 11.3 Å². The first-order valence-corrected chi connectivity index (χ1v) is 8.77. The molecule has 0 fully saturated rings. The molecule has 0 atom stereocenters. The van der Waals surface area contributed by atoms with Gasteiger partial charge in [-0.15, -0.1) is 13.2 Å². The maximum absolute atomic E-state index is 12.5. The zero-order valence-corrected chi connectivity index (χ0v) is 14.2. The summed E-state index contributed by atoms with van der Waals surface area (Å²) in [6.07, 6.45) is -4.76. The average molecular weight is 378 g/mol. The third-order valence-corrected chi connectivity index (χ3v) is 4.81. The first-order chi connectivity index (χ1) is 12.4. The molecule has 0 spiro atoms. The molecule has 1 aromatic carbocycles. The van der Waals surface area contributed by atoms with Crippen LogP contribution in [0.4, 0.5) is 13.2 Å². The quantitative estimate of drug-likeness (QED) is 0.728. The topological polar surface area (TPSA) is 43.3 Å². The van der Waals surface area contributed by atoms with Crippen LogP contribution in [-0.2, 0) is 6.54 Å². The lowest BCUT2D eigenvalue weighted by atomic mass is 10.0. The van der Waals surface area contributed by atoms with E-state index in [0.717, 1.165) is 11.3 Å². The van der Waals surface area contributed by atoms with Crippen LogP contribution >= 0.6 is 11.3 Å². The van der Waals surface area contributed by atoms with Crippen LogP contribution in [0.2, 0.25) is 0 Å². The Balaban J connectivity index is 1.87. The fourth-order valence-electron chi connectivity index (χ4n) is 3.13. The highest BCUT2D eigenvalue weighted by Gasteiger charge is 2.31. The second-order valence-electron chi connectivity index (χ2n) is 5.79. The Morgan fingerprint density at radius 1 is 1.15 bits per heavy atom. The molecule has 4 rings (SSSR count). The maximum Gasteiger partial charge on any atom is 0.573 e. The van der Waals surface area contributed by atoms with Crippen LogP contribution in [0, 0.1) is 0 Å². The van der Waals surface area contributed by atoms with Crippen LogP contribution < -0.4 is 10.1 Å². The molecule has 0 saturated heterocycles. The number of benzene rings is 1. The van der Waals surface area contributed by atoms with Crippen molar-refractivity contribution in [2.24, 2.45) is 0 Å². The zero-order valence-electron chi connectivity index (χ0n) is 13.3. The first-order valence-electron chi connectivity index (χ1n) is 7.83. The normalized spacial score (nSPS) is 14.0. The molecule has 134 valence electrons. The van der Waals surface area contributed by atoms with E-state index in [1.165, 1.54) is 29.5 Å². The van der Waals surface area contributed by atoms with Gasteiger partial charge in [0.15, 0.2) is 0 Å². The van der Waals surface area contributed by atoms with Crippen molar-refractivity contribution in [3.05, 3.63) is 52.9 Å². The van der Waals surface area contributed by atoms with E-state index in [1.807, 2.05) is 21.4 Å². The molecular formula is C18H13F3N2O2S. The van der Waals surface area contributed by atoms with E-state index >= 15 is 0 Å². The summed E-state index contributed by atoms with van der Waals surface area (Å²) in [5.41, 5.74) is 3.49. The molecule has 0 saturated carbocycles. The van der Waals surface area contributed by atoms with Gasteiger partial charge in [-0.1, -0.05) is 12.1 Å². The number of alkyl halides is 3. The summed E-state index contributed by atoms with van der Waals surface area (Å²) in [4.78, 5) is 12.2. The number of rotatable bonds is 3. The van der Waals surface area contributed by atoms with Crippen molar-refractivity contribution in [3.63, 3.8) is 0 Å². The summed E-state index contributed by atoms with van der Waals surface area (Å²) in [6, 6.07) is 9.45. The number of hydrogen-bond acceptors (Lipinski definition) is 3. The summed E-state index contributed by atoms with van der Waals surface area (Å²) >= 11 is 1.52. The van der Waals surface area contributed by atoms with Crippen LogP contribution in [-0.4, -0.2) is 23.4 Å². The molecule has 3 aromatic rings. The molecule has 4 nitrogen and oxygen atoms in total. The van der Waals surface area contributed by atoms with Crippen molar-refractivity contribution in [1.29, 1.82) is 0 Å². The number of carbonyl (C=O) groups is 1. The molecule has 0 aliphatic carbocycles. The summed E-state index contributed by atoms with van der Waals surface area (Å²) in [7, 11) is 0. The second kappa shape index (κ2) is 6.21. The number of ether oxygens (including phenoxy) is 1. The van der Waals surface area contributed by atoms with Crippen molar-refractivity contribution in [2.45, 2.75) is 12.9 Å². The Morgan fingerprint density at radius 3 is 2.73 bits per heavy atom. The number of nitrogens with one attached hydrogen (secondary N) is 1. The molecule has 1 N–H and O–H groups in total. The van der Waals surface area contributed by atoms with Crippen molar-refractivity contribution >= 4 is 17.2 Å². The predicted octanol–water partition coefficient (Wildman–Crippen LogP) is 4.53. The highest BCUT2D eigenvalue weighted by Crippen LogP contribution is 2.38. The Bertz CT molecular complexity index is 961. The number of fused-ring (bicyclic) bond motifs is 1. The van der Waals surface area contributed by atoms with E-state index < -0.39 is 6.36 Å². The summed E-state index contributed by atoms with van der Waals surface area (Å²) in [5.74, 6) is -0.485. The van der Waals surface area contributed by atoms with Crippen LogP contribution in [0.5, 0.6) is 5.75 Å². The molecule has 8 heteroatoms. The molecular weight excluding hydrogens is 365 g/mol. The number of carbonyl (C=O) groups excluding carboxylic acids is 1. The SMILES string of the molecule is O=C1NCCn2c1cc(-c1cccc(OC(F)(F)F)c1)c2-c1ccsc1. The maximum atomic E-state index is 12.5. The number of hydrogen-bond donors (Lipinski definition) is 1. The van der Waals surface area contributed by atoms with Crippen molar-refractivity contribution in [1.82, 2.24) is 9.88 Å². The molecule has 26 heavy (non-hydrogen) atoms. The van der Waals surface area contributed by atoms with Gasteiger partial charge in [-0.05, 0) is 35.2 Å². The van der Waals surface area contributed by atoms with E-state index in [4.69, 9.17) is 0 Å². The minimum atomic E-state index is -4.76. The molecule has 0 unspecified atom stereocenters. The van der Waals surface area contributed by atoms with Gasteiger partial charge in [0.25, 0.3) is 5.91 Å². The van der Waals surface area contributed by atoms with Crippen molar-refractivity contribution in [3.8, 4) is 28.1 Å². The van der Waals surface area contributed by atoms with Crippen LogP contribution in [0.1, 0.15) is 10.5 Å². The zero-order chi connectivity index (χ0) is 18.3. The predicted molar refractivity (Wildman–Crippen MR) is 92.2 cm³/mol. The fraction of sp³-hybridized carbons (Fsp3) is 0.167. The Morgan fingerprint density at radius 2 is 2.00 bits per heavy atom. The molecule has 1 amide bonds. The Kier molecular flexibility index (Phi) is 3.99. The highest BCUT2D eigenvalue weighted by molar-refractivity contribution is 7.08. The number of nitrogens with zero attached hydrogens (tertiary/aromatic N) is 1. The molecule has 0 bridgehead atoms. The molecule has 2 aromatic heterocycles. The van der Waals surface area contributed by atoms with E-state index in [-0.39, 0.29) is 11.7 Å². The van der Waals surface area contributed by atoms with Gasteiger partial charge in [0.1, 0.15) is 11.4 Å². The first kappa shape index (κ1) is 16.7. The highest BCUT2D eigenvalue weighted by atomic mass is 32.1. The van der Waals surface area contributed by atoms with Gasteiger partial charge in [0.2, 0.25) is 0 Å². The summed E-state index contributed by atoms with van der Waals surface area (Å²) in [6.45, 7) is 1.11. The number of halogens is 3. The van der Waals surface area contributed by atoms with Crippen LogP contribution in [0.3, 0.4) is 0 Å². The van der Waals surface area contributed by atoms with Crippen LogP contribution in [0.15, 0.2) is 47.2 Å². The fourth-order valence-corrected chi connectivity index (χ4v) is 3.77. The third-order valence-electron chi connectivity index (χ3n) is 4.12. The van der Waals surface area contributed by atoms with Gasteiger partial charge in [0.05, 0.1) is 5.69 Å². The van der Waals surface area contributed by atoms with Gasteiger partial charge in [-0.25, -0.2) is 0 Å². The molecule has 0 radical (unpaired) electrons. The lowest BCUT2D eigenvalue weighted by Gasteiger charge is -2.18. The minimum Gasteiger partial charge on any atom is -0.406 e. The monoisotopic (exact) mass is 378 g/mol. The smallest absolute Gasteiger partial charge is 0.406 e. The second-order valence-corrected chi connectivity index (χ2v) is 6.57. The summed E-state index contributed by atoms with van der Waals surface area (Å²) < 4.78 is 43.6. The van der Waals surface area contributed by atoms with E-state index in [2.05, 4.69) is 10.1 Å². The lowest BCUT2D eigenvalue weighted by molar-refractivity contribution is -0.274. The van der Waals surface area contributed by atoms with Gasteiger partial charge in [0, 0.05) is 29.6 Å². The molecule has 1 aliphatic heterocycles. The lowest BCUT2D eigenvalue weighted by Crippen LogP contribution is -2.35. The van der Waals surface area contributed by atoms with Gasteiger partial charge in [-0.3, -0.25) is 4.79 Å². The van der Waals surface area contributed by atoms with E-state index in [9.17, 15) is 18.0 Å². The minimum absolute atomic E-state index is 0.193. The number of aromatic nitrogens is 1. The Hall–Kier alpha value is -2.74. The Labute approximate surface area is 150 Å². The number of thiophene rings is 1. The molecule has 3 heterocycles. The summed E-state index contributed by atoms with van der Waals surface area (Å²) in [5, 5.41) is 6.66. The standard InChI is InChI=1S/C18H13F3N2O2S/c19-18(20,21)25-13-3-1-2-11(8-13)14-9-15-17(24)22-5-6-23(15)16(14)12-4-7-26-10-12/h1-4,7-10H,5-6H2,(H,22,24). The number of amides is 1. The van der Waals surface area contributed by atoms with Crippen molar-refractivity contribution in [2.75, 3.05) is 6.54 Å². The third kappa shape index (κ3) is 3.08. The molecule has 1 aliphatic rings.